The van der Waals surface area contributed by atoms with E-state index in [0.717, 1.165) is 36.8 Å². The molecule has 4 rings (SSSR count). The van der Waals surface area contributed by atoms with Gasteiger partial charge in [-0.05, 0) is 42.2 Å². The van der Waals surface area contributed by atoms with Crippen LogP contribution < -0.4 is 5.32 Å². The summed E-state index contributed by atoms with van der Waals surface area (Å²) < 4.78 is 7.57. The van der Waals surface area contributed by atoms with Crippen molar-refractivity contribution in [3.63, 3.8) is 0 Å². The van der Waals surface area contributed by atoms with Crippen molar-refractivity contribution in [2.75, 3.05) is 11.9 Å². The Labute approximate surface area is 146 Å². The molecule has 0 aliphatic carbocycles. The number of benzene rings is 2. The molecule has 1 saturated heterocycles. The molecule has 0 spiro atoms. The highest BCUT2D eigenvalue weighted by Gasteiger charge is 2.15. The fraction of sp³-hybridized carbons (Fsp3) is 0.300. The Bertz CT molecular complexity index is 881. The second kappa shape index (κ2) is 7.07. The minimum absolute atomic E-state index is 0.126. The zero-order valence-electron chi connectivity index (χ0n) is 14.0. The van der Waals surface area contributed by atoms with Crippen LogP contribution in [0, 0.1) is 0 Å². The standard InChI is InChI=1S/C20H21N3O2/c24-20(17-9-8-15-5-1-2-6-16(15)11-17)22-18-12-21-23(13-18)14-19-7-3-4-10-25-19/h1-2,5-6,8-9,11-13,19H,3-4,7,10,14H2,(H,22,24). The molecule has 1 fully saturated rings. The number of carbonyl (C=O) groups excluding carboxylic acids is 1. The van der Waals surface area contributed by atoms with Crippen LogP contribution in [0.15, 0.2) is 54.9 Å². The zero-order valence-corrected chi connectivity index (χ0v) is 14.0. The lowest BCUT2D eigenvalue weighted by atomic mass is 10.1. The Balaban J connectivity index is 1.43. The number of hydrogen-bond acceptors (Lipinski definition) is 3. The third-order valence-electron chi connectivity index (χ3n) is 4.57. The van der Waals surface area contributed by atoms with Crippen LogP contribution in [0.3, 0.4) is 0 Å². The lowest BCUT2D eigenvalue weighted by Gasteiger charge is -2.22. The Morgan fingerprint density at radius 3 is 2.92 bits per heavy atom. The molecule has 1 aliphatic heterocycles. The molecule has 2 aromatic carbocycles. The molecule has 5 heteroatoms. The van der Waals surface area contributed by atoms with E-state index in [1.165, 1.54) is 6.42 Å². The fourth-order valence-corrected chi connectivity index (χ4v) is 3.22. The lowest BCUT2D eigenvalue weighted by Crippen LogP contribution is -2.24. The number of aromatic nitrogens is 2. The van der Waals surface area contributed by atoms with Crippen LogP contribution in [0.1, 0.15) is 29.6 Å². The van der Waals surface area contributed by atoms with Gasteiger partial charge in [0.25, 0.3) is 5.91 Å². The maximum absolute atomic E-state index is 12.5. The largest absolute Gasteiger partial charge is 0.376 e. The maximum Gasteiger partial charge on any atom is 0.255 e. The lowest BCUT2D eigenvalue weighted by molar-refractivity contribution is 0.00401. The average Bonchev–Trinajstić information content (AvgIpc) is 3.09. The number of ether oxygens (including phenoxy) is 1. The van der Waals surface area contributed by atoms with Gasteiger partial charge in [-0.1, -0.05) is 30.3 Å². The first kappa shape index (κ1) is 15.8. The van der Waals surface area contributed by atoms with Gasteiger partial charge < -0.3 is 10.1 Å². The fourth-order valence-electron chi connectivity index (χ4n) is 3.22. The molecule has 0 radical (unpaired) electrons. The van der Waals surface area contributed by atoms with E-state index in [1.807, 2.05) is 53.3 Å². The predicted octanol–water partition coefficient (Wildman–Crippen LogP) is 3.86. The molecule has 1 aliphatic rings. The normalized spacial score (nSPS) is 17.5. The smallest absolute Gasteiger partial charge is 0.255 e. The number of rotatable bonds is 4. The van der Waals surface area contributed by atoms with E-state index >= 15 is 0 Å². The molecule has 1 aromatic heterocycles. The molecule has 2 heterocycles. The van der Waals surface area contributed by atoms with E-state index in [1.54, 1.807) is 6.20 Å². The average molecular weight is 335 g/mol. The number of fused-ring (bicyclic) bond motifs is 1. The van der Waals surface area contributed by atoms with E-state index in [9.17, 15) is 4.79 Å². The van der Waals surface area contributed by atoms with Crippen LogP contribution in [-0.4, -0.2) is 28.4 Å². The molecule has 0 saturated carbocycles. The molecule has 1 amide bonds. The molecule has 1 unspecified atom stereocenters. The quantitative estimate of drug-likeness (QED) is 0.788. The first-order chi connectivity index (χ1) is 12.3. The Hall–Kier alpha value is -2.66. The molecule has 3 aromatic rings. The van der Waals surface area contributed by atoms with E-state index in [4.69, 9.17) is 4.74 Å². The molecule has 5 nitrogen and oxygen atoms in total. The van der Waals surface area contributed by atoms with Gasteiger partial charge in [0.15, 0.2) is 0 Å². The summed E-state index contributed by atoms with van der Waals surface area (Å²) in [5, 5.41) is 9.43. The number of nitrogens with zero attached hydrogens (tertiary/aromatic N) is 2. The van der Waals surface area contributed by atoms with Crippen molar-refractivity contribution in [3.05, 3.63) is 60.4 Å². The molecular formula is C20H21N3O2. The minimum atomic E-state index is -0.126. The Morgan fingerprint density at radius 1 is 1.20 bits per heavy atom. The topological polar surface area (TPSA) is 56.2 Å². The van der Waals surface area contributed by atoms with Gasteiger partial charge in [0.05, 0.1) is 24.5 Å². The van der Waals surface area contributed by atoms with Crippen LogP contribution in [0.25, 0.3) is 10.8 Å². The van der Waals surface area contributed by atoms with Crippen molar-refractivity contribution in [3.8, 4) is 0 Å². The SMILES string of the molecule is O=C(Nc1cnn(CC2CCCCO2)c1)c1ccc2ccccc2c1. The summed E-state index contributed by atoms with van der Waals surface area (Å²) >= 11 is 0. The number of amides is 1. The highest BCUT2D eigenvalue weighted by Crippen LogP contribution is 2.18. The molecule has 25 heavy (non-hydrogen) atoms. The summed E-state index contributed by atoms with van der Waals surface area (Å²) in [5.41, 5.74) is 1.34. The van der Waals surface area contributed by atoms with Crippen molar-refractivity contribution < 1.29 is 9.53 Å². The molecule has 128 valence electrons. The van der Waals surface area contributed by atoms with Gasteiger partial charge in [-0.25, -0.2) is 0 Å². The van der Waals surface area contributed by atoms with E-state index in [-0.39, 0.29) is 12.0 Å². The number of anilines is 1. The Kier molecular flexibility index (Phi) is 4.48. The van der Waals surface area contributed by atoms with Crippen LogP contribution in [0.4, 0.5) is 5.69 Å². The van der Waals surface area contributed by atoms with Gasteiger partial charge in [0.1, 0.15) is 0 Å². The zero-order chi connectivity index (χ0) is 17.1. The van der Waals surface area contributed by atoms with Crippen molar-refractivity contribution in [2.45, 2.75) is 31.9 Å². The van der Waals surface area contributed by atoms with Crippen molar-refractivity contribution in [1.82, 2.24) is 9.78 Å². The second-order valence-corrected chi connectivity index (χ2v) is 6.46. The predicted molar refractivity (Wildman–Crippen MR) is 97.7 cm³/mol. The summed E-state index contributed by atoms with van der Waals surface area (Å²) in [6.45, 7) is 1.56. The summed E-state index contributed by atoms with van der Waals surface area (Å²) in [4.78, 5) is 12.5. The number of hydrogen-bond donors (Lipinski definition) is 1. The third-order valence-corrected chi connectivity index (χ3v) is 4.57. The monoisotopic (exact) mass is 335 g/mol. The van der Waals surface area contributed by atoms with Crippen molar-refractivity contribution in [2.24, 2.45) is 0 Å². The molecule has 1 atom stereocenters. The van der Waals surface area contributed by atoms with Gasteiger partial charge in [0.2, 0.25) is 0 Å². The van der Waals surface area contributed by atoms with Gasteiger partial charge in [0, 0.05) is 18.4 Å². The van der Waals surface area contributed by atoms with Crippen LogP contribution in [-0.2, 0) is 11.3 Å². The van der Waals surface area contributed by atoms with Crippen molar-refractivity contribution >= 4 is 22.4 Å². The van der Waals surface area contributed by atoms with E-state index < -0.39 is 0 Å². The van der Waals surface area contributed by atoms with Crippen LogP contribution in [0.2, 0.25) is 0 Å². The van der Waals surface area contributed by atoms with Crippen molar-refractivity contribution in [1.29, 1.82) is 0 Å². The van der Waals surface area contributed by atoms with Gasteiger partial charge in [-0.15, -0.1) is 0 Å². The second-order valence-electron chi connectivity index (χ2n) is 6.46. The van der Waals surface area contributed by atoms with E-state index in [0.29, 0.717) is 11.3 Å². The van der Waals surface area contributed by atoms with Crippen LogP contribution >= 0.6 is 0 Å². The third kappa shape index (κ3) is 3.72. The summed E-state index contributed by atoms with van der Waals surface area (Å²) in [6, 6.07) is 13.7. The number of nitrogens with one attached hydrogen (secondary N) is 1. The summed E-state index contributed by atoms with van der Waals surface area (Å²) in [5.74, 6) is -0.126. The highest BCUT2D eigenvalue weighted by atomic mass is 16.5. The molecule has 1 N–H and O–H groups in total. The highest BCUT2D eigenvalue weighted by molar-refractivity contribution is 6.06. The maximum atomic E-state index is 12.5. The molecular weight excluding hydrogens is 314 g/mol. The molecule has 0 bridgehead atoms. The van der Waals surface area contributed by atoms with E-state index in [2.05, 4.69) is 10.4 Å². The first-order valence-corrected chi connectivity index (χ1v) is 8.72. The number of carbonyl (C=O) groups is 1. The summed E-state index contributed by atoms with van der Waals surface area (Å²) in [6.07, 6.45) is 7.18. The minimum Gasteiger partial charge on any atom is -0.376 e. The van der Waals surface area contributed by atoms with Gasteiger partial charge >= 0.3 is 0 Å². The summed E-state index contributed by atoms with van der Waals surface area (Å²) in [7, 11) is 0. The van der Waals surface area contributed by atoms with Crippen LogP contribution in [0.5, 0.6) is 0 Å². The van der Waals surface area contributed by atoms with Gasteiger partial charge in [-0.2, -0.15) is 5.10 Å². The van der Waals surface area contributed by atoms with Gasteiger partial charge in [-0.3, -0.25) is 9.48 Å². The first-order valence-electron chi connectivity index (χ1n) is 8.72. The Morgan fingerprint density at radius 2 is 2.08 bits per heavy atom.